The van der Waals surface area contributed by atoms with Crippen LogP contribution in [0.25, 0.3) is 11.5 Å². The third-order valence-corrected chi connectivity index (χ3v) is 4.73. The first-order chi connectivity index (χ1) is 12.7. The van der Waals surface area contributed by atoms with Crippen molar-refractivity contribution >= 4 is 30.7 Å². The fraction of sp³-hybridized carbons (Fsp3) is 0.500. The van der Waals surface area contributed by atoms with Crippen molar-refractivity contribution < 1.29 is 13.9 Å². The molecule has 1 aliphatic heterocycles. The molecular weight excluding hydrogens is 401 g/mol. The molecule has 0 saturated carbocycles. The molecule has 1 aromatic carbocycles. The average Bonchev–Trinajstić information content (AvgIpc) is 3.04. The van der Waals surface area contributed by atoms with Gasteiger partial charge in [-0.05, 0) is 44.9 Å². The van der Waals surface area contributed by atoms with Crippen molar-refractivity contribution in [1.29, 1.82) is 0 Å². The normalized spacial score (nSPS) is 14.3. The van der Waals surface area contributed by atoms with Gasteiger partial charge < -0.3 is 19.8 Å². The van der Waals surface area contributed by atoms with Crippen molar-refractivity contribution in [2.24, 2.45) is 5.73 Å². The third-order valence-electron chi connectivity index (χ3n) is 4.73. The lowest BCUT2D eigenvalue weighted by Gasteiger charge is -2.32. The number of oxazole rings is 1. The highest BCUT2D eigenvalue weighted by molar-refractivity contribution is 5.85. The molecule has 0 spiro atoms. The van der Waals surface area contributed by atoms with E-state index in [0.717, 1.165) is 43.6 Å². The fourth-order valence-corrected chi connectivity index (χ4v) is 3.16. The highest BCUT2D eigenvalue weighted by Gasteiger charge is 2.24. The highest BCUT2D eigenvalue weighted by Crippen LogP contribution is 2.22. The second-order valence-electron chi connectivity index (χ2n) is 6.66. The Morgan fingerprint density at radius 2 is 1.93 bits per heavy atom. The zero-order valence-electron chi connectivity index (χ0n) is 16.1. The van der Waals surface area contributed by atoms with Gasteiger partial charge in [0.25, 0.3) is 0 Å². The molecule has 0 atom stereocenters. The molecule has 156 valence electrons. The number of rotatable bonds is 7. The molecule has 0 bridgehead atoms. The number of carbonyl (C=O) groups is 1. The maximum atomic E-state index is 12.6. The van der Waals surface area contributed by atoms with Crippen LogP contribution in [0, 0.1) is 6.92 Å². The summed E-state index contributed by atoms with van der Waals surface area (Å²) in [7, 11) is 0. The van der Waals surface area contributed by atoms with Gasteiger partial charge in [-0.25, -0.2) is 4.98 Å². The van der Waals surface area contributed by atoms with Crippen molar-refractivity contribution in [2.75, 3.05) is 26.2 Å². The Morgan fingerprint density at radius 1 is 1.25 bits per heavy atom. The van der Waals surface area contributed by atoms with Crippen LogP contribution in [0.2, 0.25) is 0 Å². The van der Waals surface area contributed by atoms with Gasteiger partial charge in [-0.15, -0.1) is 24.8 Å². The molecule has 0 aliphatic carbocycles. The second kappa shape index (κ2) is 12.1. The second-order valence-corrected chi connectivity index (χ2v) is 6.66. The van der Waals surface area contributed by atoms with E-state index >= 15 is 0 Å². The van der Waals surface area contributed by atoms with Crippen LogP contribution in [0.15, 0.2) is 34.7 Å². The minimum atomic E-state index is 0. The molecule has 1 aliphatic rings. The zero-order valence-corrected chi connectivity index (χ0v) is 17.8. The number of amides is 1. The molecule has 3 rings (SSSR count). The van der Waals surface area contributed by atoms with E-state index in [1.54, 1.807) is 0 Å². The number of aromatic nitrogens is 1. The number of likely N-dealkylation sites (tertiary alicyclic amines) is 1. The summed E-state index contributed by atoms with van der Waals surface area (Å²) in [4.78, 5) is 19.1. The summed E-state index contributed by atoms with van der Waals surface area (Å²) in [6.45, 7) is 4.68. The van der Waals surface area contributed by atoms with Gasteiger partial charge in [0.1, 0.15) is 5.76 Å². The molecule has 1 fully saturated rings. The Kier molecular flexibility index (Phi) is 10.5. The lowest BCUT2D eigenvalue weighted by atomic mass is 10.1. The van der Waals surface area contributed by atoms with Gasteiger partial charge in [0.2, 0.25) is 11.8 Å². The lowest BCUT2D eigenvalue weighted by Crippen LogP contribution is -2.41. The quantitative estimate of drug-likeness (QED) is 0.681. The minimum absolute atomic E-state index is 0. The number of nitrogens with two attached hydrogens (primary N) is 1. The number of benzene rings is 1. The van der Waals surface area contributed by atoms with Crippen molar-refractivity contribution in [3.63, 3.8) is 0 Å². The summed E-state index contributed by atoms with van der Waals surface area (Å²) >= 11 is 0. The summed E-state index contributed by atoms with van der Waals surface area (Å²) < 4.78 is 11.5. The Labute approximate surface area is 178 Å². The largest absolute Gasteiger partial charge is 0.441 e. The van der Waals surface area contributed by atoms with Crippen molar-refractivity contribution in [3.8, 4) is 11.5 Å². The first-order valence-electron chi connectivity index (χ1n) is 9.28. The maximum absolute atomic E-state index is 12.6. The molecule has 0 unspecified atom stereocenters. The van der Waals surface area contributed by atoms with Crippen LogP contribution in [-0.2, 0) is 16.0 Å². The van der Waals surface area contributed by atoms with Crippen LogP contribution in [0.4, 0.5) is 0 Å². The Bertz CT molecular complexity index is 717. The average molecular weight is 430 g/mol. The molecule has 1 amide bonds. The monoisotopic (exact) mass is 429 g/mol. The highest BCUT2D eigenvalue weighted by atomic mass is 35.5. The van der Waals surface area contributed by atoms with Gasteiger partial charge in [0.15, 0.2) is 0 Å². The topological polar surface area (TPSA) is 81.6 Å². The van der Waals surface area contributed by atoms with Crippen molar-refractivity contribution in [3.05, 3.63) is 41.8 Å². The Morgan fingerprint density at radius 3 is 2.57 bits per heavy atom. The molecule has 8 heteroatoms. The first-order valence-corrected chi connectivity index (χ1v) is 9.28. The molecular formula is C20H29Cl2N3O3. The summed E-state index contributed by atoms with van der Waals surface area (Å²) in [5, 5.41) is 0. The predicted molar refractivity (Wildman–Crippen MR) is 114 cm³/mol. The lowest BCUT2D eigenvalue weighted by molar-refractivity contribution is -0.133. The number of halogens is 2. The van der Waals surface area contributed by atoms with E-state index in [1.165, 1.54) is 0 Å². The van der Waals surface area contributed by atoms with Crippen LogP contribution in [0.3, 0.4) is 0 Å². The van der Waals surface area contributed by atoms with E-state index in [0.29, 0.717) is 24.8 Å². The molecule has 1 saturated heterocycles. The van der Waals surface area contributed by atoms with Gasteiger partial charge in [0, 0.05) is 25.3 Å². The number of nitrogens with zero attached hydrogens (tertiary/aromatic N) is 2. The van der Waals surface area contributed by atoms with E-state index in [4.69, 9.17) is 14.9 Å². The Hall–Kier alpha value is -1.60. The maximum Gasteiger partial charge on any atom is 0.228 e. The van der Waals surface area contributed by atoms with Gasteiger partial charge in [0.05, 0.1) is 18.2 Å². The number of ether oxygens (including phenoxy) is 1. The fourth-order valence-electron chi connectivity index (χ4n) is 3.16. The van der Waals surface area contributed by atoms with Crippen LogP contribution in [-0.4, -0.2) is 48.1 Å². The molecule has 2 N–H and O–H groups in total. The van der Waals surface area contributed by atoms with Crippen molar-refractivity contribution in [2.45, 2.75) is 38.7 Å². The Balaban J connectivity index is 0.00000196. The zero-order chi connectivity index (χ0) is 18.4. The van der Waals surface area contributed by atoms with Crippen LogP contribution >= 0.6 is 24.8 Å². The number of hydrogen-bond donors (Lipinski definition) is 1. The van der Waals surface area contributed by atoms with E-state index in [-0.39, 0.29) is 43.2 Å². The molecule has 28 heavy (non-hydrogen) atoms. The number of aryl methyl sites for hydroxylation is 1. The number of hydrogen-bond acceptors (Lipinski definition) is 5. The molecule has 1 aromatic heterocycles. The van der Waals surface area contributed by atoms with Gasteiger partial charge >= 0.3 is 0 Å². The summed E-state index contributed by atoms with van der Waals surface area (Å²) in [5.41, 5.74) is 7.12. The summed E-state index contributed by atoms with van der Waals surface area (Å²) in [6.07, 6.45) is 3.16. The number of carbonyl (C=O) groups excluding carboxylic acids is 1. The summed E-state index contributed by atoms with van der Waals surface area (Å²) in [6, 6.07) is 9.74. The predicted octanol–water partition coefficient (Wildman–Crippen LogP) is 3.39. The SMILES string of the molecule is Cc1oc(-c2ccccc2)nc1CC(=O)N1CCC(OCCCN)CC1.Cl.Cl. The summed E-state index contributed by atoms with van der Waals surface area (Å²) in [5.74, 6) is 1.37. The molecule has 2 aromatic rings. The molecule has 2 heterocycles. The van der Waals surface area contributed by atoms with Gasteiger partial charge in [-0.1, -0.05) is 18.2 Å². The van der Waals surface area contributed by atoms with Crippen molar-refractivity contribution in [1.82, 2.24) is 9.88 Å². The van der Waals surface area contributed by atoms with E-state index < -0.39 is 0 Å². The first kappa shape index (κ1) is 24.4. The smallest absolute Gasteiger partial charge is 0.228 e. The van der Waals surface area contributed by atoms with Crippen LogP contribution in [0.1, 0.15) is 30.7 Å². The van der Waals surface area contributed by atoms with E-state index in [2.05, 4.69) is 4.98 Å². The minimum Gasteiger partial charge on any atom is -0.441 e. The molecule has 0 radical (unpaired) electrons. The van der Waals surface area contributed by atoms with Crippen LogP contribution < -0.4 is 5.73 Å². The van der Waals surface area contributed by atoms with E-state index in [9.17, 15) is 4.79 Å². The van der Waals surface area contributed by atoms with Gasteiger partial charge in [-0.2, -0.15) is 0 Å². The molecule has 6 nitrogen and oxygen atoms in total. The van der Waals surface area contributed by atoms with E-state index in [1.807, 2.05) is 42.2 Å². The van der Waals surface area contributed by atoms with Crippen LogP contribution in [0.5, 0.6) is 0 Å². The standard InChI is InChI=1S/C20H27N3O3.2ClH/c1-15-18(22-20(26-15)16-6-3-2-4-7-16)14-19(24)23-11-8-17(9-12-23)25-13-5-10-21;;/h2-4,6-7,17H,5,8-14,21H2,1H3;2*1H. The van der Waals surface area contributed by atoms with Gasteiger partial charge in [-0.3, -0.25) is 4.79 Å². The number of piperidine rings is 1. The third kappa shape index (κ3) is 6.48.